The normalized spacial score (nSPS) is 10.3. The van der Waals surface area contributed by atoms with Crippen molar-refractivity contribution < 1.29 is 9.90 Å². The van der Waals surface area contributed by atoms with E-state index >= 15 is 0 Å². The van der Waals surface area contributed by atoms with E-state index in [-0.39, 0.29) is 11.4 Å². The minimum absolute atomic E-state index is 0.00177. The summed E-state index contributed by atoms with van der Waals surface area (Å²) in [5, 5.41) is 22.6. The van der Waals surface area contributed by atoms with Crippen LogP contribution in [0.4, 0.5) is 0 Å². The van der Waals surface area contributed by atoms with Crippen LogP contribution in [0.5, 0.6) is 0 Å². The van der Waals surface area contributed by atoms with Crippen molar-refractivity contribution in [1.29, 1.82) is 5.26 Å². The van der Waals surface area contributed by atoms with Crippen LogP contribution >= 0.6 is 0 Å². The molecule has 96 valence electrons. The van der Waals surface area contributed by atoms with E-state index in [1.165, 1.54) is 17.2 Å². The van der Waals surface area contributed by atoms with E-state index < -0.39 is 5.97 Å². The van der Waals surface area contributed by atoms with E-state index in [4.69, 9.17) is 5.26 Å². The van der Waals surface area contributed by atoms with Crippen LogP contribution in [0.1, 0.15) is 16.2 Å². The Labute approximate surface area is 112 Å². The Morgan fingerprint density at radius 2 is 2.10 bits per heavy atom. The fourth-order valence-electron chi connectivity index (χ4n) is 1.95. The molecule has 0 aliphatic rings. The third kappa shape index (κ3) is 1.76. The lowest BCUT2D eigenvalue weighted by molar-refractivity contribution is 0.0696. The van der Waals surface area contributed by atoms with Crippen LogP contribution in [0.25, 0.3) is 16.6 Å². The predicted molar refractivity (Wildman–Crippen MR) is 68.3 cm³/mol. The Morgan fingerprint density at radius 3 is 2.80 bits per heavy atom. The Morgan fingerprint density at radius 1 is 1.30 bits per heavy atom. The van der Waals surface area contributed by atoms with Gasteiger partial charge in [0.05, 0.1) is 11.2 Å². The highest BCUT2D eigenvalue weighted by Crippen LogP contribution is 2.23. The van der Waals surface area contributed by atoms with Crippen molar-refractivity contribution in [3.63, 3.8) is 0 Å². The van der Waals surface area contributed by atoms with Gasteiger partial charge in [-0.15, -0.1) is 5.10 Å². The average Bonchev–Trinajstić information content (AvgIpc) is 2.94. The van der Waals surface area contributed by atoms with Crippen molar-refractivity contribution in [2.24, 2.45) is 0 Å². The number of rotatable bonds is 2. The summed E-state index contributed by atoms with van der Waals surface area (Å²) >= 11 is 0. The van der Waals surface area contributed by atoms with Crippen LogP contribution in [0.2, 0.25) is 0 Å². The summed E-state index contributed by atoms with van der Waals surface area (Å²) in [4.78, 5) is 19.3. The molecule has 20 heavy (non-hydrogen) atoms. The van der Waals surface area contributed by atoms with Gasteiger partial charge in [0, 0.05) is 11.6 Å². The maximum atomic E-state index is 11.3. The maximum Gasteiger partial charge on any atom is 0.339 e. The second-order valence-corrected chi connectivity index (χ2v) is 3.97. The first-order valence-electron chi connectivity index (χ1n) is 5.64. The molecule has 0 bridgehead atoms. The van der Waals surface area contributed by atoms with Crippen LogP contribution in [0, 0.1) is 11.3 Å². The summed E-state index contributed by atoms with van der Waals surface area (Å²) in [7, 11) is 0. The highest BCUT2D eigenvalue weighted by molar-refractivity contribution is 6.00. The highest BCUT2D eigenvalue weighted by atomic mass is 16.4. The molecule has 0 atom stereocenters. The molecule has 1 aromatic carbocycles. The fourth-order valence-corrected chi connectivity index (χ4v) is 1.95. The number of hydrogen-bond acceptors (Lipinski definition) is 5. The molecular weight excluding hydrogens is 258 g/mol. The number of fused-ring (bicyclic) bond motifs is 1. The van der Waals surface area contributed by atoms with E-state index in [1.807, 2.05) is 12.1 Å². The van der Waals surface area contributed by atoms with Gasteiger partial charge in [-0.3, -0.25) is 4.98 Å². The van der Waals surface area contributed by atoms with E-state index in [0.717, 1.165) is 0 Å². The van der Waals surface area contributed by atoms with E-state index in [2.05, 4.69) is 15.1 Å². The summed E-state index contributed by atoms with van der Waals surface area (Å²) in [6.45, 7) is 0. The van der Waals surface area contributed by atoms with Gasteiger partial charge in [0.25, 0.3) is 5.82 Å². The quantitative estimate of drug-likeness (QED) is 0.750. The molecule has 2 aromatic heterocycles. The minimum atomic E-state index is -1.12. The van der Waals surface area contributed by atoms with E-state index in [9.17, 15) is 9.90 Å². The summed E-state index contributed by atoms with van der Waals surface area (Å²) in [5.41, 5.74) is 0.983. The van der Waals surface area contributed by atoms with E-state index in [0.29, 0.717) is 16.6 Å². The molecule has 1 N–H and O–H groups in total. The molecule has 0 amide bonds. The van der Waals surface area contributed by atoms with Crippen LogP contribution in [0.15, 0.2) is 36.8 Å². The van der Waals surface area contributed by atoms with Gasteiger partial charge in [-0.05, 0) is 6.07 Å². The number of carboxylic acid groups (broad SMARTS) is 1. The summed E-state index contributed by atoms with van der Waals surface area (Å²) in [6, 6.07) is 8.91. The number of carboxylic acids is 1. The van der Waals surface area contributed by atoms with Gasteiger partial charge in [0.2, 0.25) is 0 Å². The first-order valence-corrected chi connectivity index (χ1v) is 5.64. The maximum absolute atomic E-state index is 11.3. The topological polar surface area (TPSA) is 105 Å². The number of hydrogen-bond donors (Lipinski definition) is 1. The van der Waals surface area contributed by atoms with Crippen molar-refractivity contribution in [2.75, 3.05) is 0 Å². The summed E-state index contributed by atoms with van der Waals surface area (Å²) < 4.78 is 1.28. The third-order valence-electron chi connectivity index (χ3n) is 2.80. The van der Waals surface area contributed by atoms with Crippen LogP contribution in [-0.2, 0) is 0 Å². The largest absolute Gasteiger partial charge is 0.478 e. The van der Waals surface area contributed by atoms with Crippen molar-refractivity contribution in [2.45, 2.75) is 0 Å². The lowest BCUT2D eigenvalue weighted by Crippen LogP contribution is -2.08. The smallest absolute Gasteiger partial charge is 0.339 e. The van der Waals surface area contributed by atoms with Gasteiger partial charge < -0.3 is 5.11 Å². The van der Waals surface area contributed by atoms with Gasteiger partial charge in [0.15, 0.2) is 0 Å². The van der Waals surface area contributed by atoms with E-state index in [1.54, 1.807) is 18.2 Å². The predicted octanol–water partition coefficient (Wildman–Crippen LogP) is 1.39. The molecule has 7 nitrogen and oxygen atoms in total. The molecule has 7 heteroatoms. The van der Waals surface area contributed by atoms with Gasteiger partial charge in [-0.2, -0.15) is 5.26 Å². The first kappa shape index (κ1) is 11.8. The molecule has 3 aromatic rings. The standard InChI is InChI=1S/C13H7N5O2/c14-5-11-16-7-18(17-11)12-8-3-1-2-4-10(8)15-6-9(12)13(19)20/h1-4,6-7H,(H,19,20). The lowest BCUT2D eigenvalue weighted by atomic mass is 10.1. The number of benzene rings is 1. The molecule has 0 spiro atoms. The van der Waals surface area contributed by atoms with Gasteiger partial charge in [0.1, 0.15) is 18.0 Å². The molecule has 0 aliphatic heterocycles. The first-order chi connectivity index (χ1) is 9.70. The Bertz CT molecular complexity index is 863. The lowest BCUT2D eigenvalue weighted by Gasteiger charge is -2.08. The second-order valence-electron chi connectivity index (χ2n) is 3.97. The van der Waals surface area contributed by atoms with Crippen LogP contribution in [0.3, 0.4) is 0 Å². The van der Waals surface area contributed by atoms with Crippen LogP contribution in [-0.4, -0.2) is 30.8 Å². The second kappa shape index (κ2) is 4.44. The zero-order chi connectivity index (χ0) is 14.1. The Balaban J connectivity index is 2.38. The van der Waals surface area contributed by atoms with Crippen molar-refractivity contribution >= 4 is 16.9 Å². The molecule has 0 aliphatic carbocycles. The summed E-state index contributed by atoms with van der Waals surface area (Å²) in [6.07, 6.45) is 2.58. The Hall–Kier alpha value is -3.27. The van der Waals surface area contributed by atoms with Gasteiger partial charge in [-0.25, -0.2) is 14.5 Å². The summed E-state index contributed by atoms with van der Waals surface area (Å²) in [5.74, 6) is -1.14. The fraction of sp³-hybridized carbons (Fsp3) is 0. The molecule has 2 heterocycles. The van der Waals surface area contributed by atoms with Gasteiger partial charge in [-0.1, -0.05) is 18.2 Å². The monoisotopic (exact) mass is 265 g/mol. The number of aromatic carboxylic acids is 1. The zero-order valence-corrected chi connectivity index (χ0v) is 10.1. The van der Waals surface area contributed by atoms with Crippen molar-refractivity contribution in [3.05, 3.63) is 48.2 Å². The SMILES string of the molecule is N#Cc1ncn(-c2c(C(=O)O)cnc3ccccc23)n1. The number of nitriles is 1. The zero-order valence-electron chi connectivity index (χ0n) is 10.1. The average molecular weight is 265 g/mol. The molecular formula is C13H7N5O2. The number of pyridine rings is 1. The van der Waals surface area contributed by atoms with Crippen molar-refractivity contribution in [3.8, 4) is 11.8 Å². The number of para-hydroxylation sites is 1. The molecule has 3 rings (SSSR count). The molecule has 0 unspecified atom stereocenters. The van der Waals surface area contributed by atoms with Crippen LogP contribution < -0.4 is 0 Å². The molecule has 0 saturated heterocycles. The highest BCUT2D eigenvalue weighted by Gasteiger charge is 2.17. The number of carbonyl (C=O) groups is 1. The Kier molecular flexibility index (Phi) is 2.62. The van der Waals surface area contributed by atoms with Crippen molar-refractivity contribution in [1.82, 2.24) is 19.7 Å². The molecule has 0 radical (unpaired) electrons. The third-order valence-corrected chi connectivity index (χ3v) is 2.80. The number of aromatic nitrogens is 4. The molecule has 0 fully saturated rings. The minimum Gasteiger partial charge on any atom is -0.478 e. The number of nitrogens with zero attached hydrogens (tertiary/aromatic N) is 5. The molecule has 0 saturated carbocycles. The van der Waals surface area contributed by atoms with Gasteiger partial charge >= 0.3 is 5.97 Å².